The second kappa shape index (κ2) is 7.75. The van der Waals surface area contributed by atoms with Crippen molar-refractivity contribution in [2.75, 3.05) is 12.8 Å². The molecule has 0 aliphatic carbocycles. The molecule has 0 radical (unpaired) electrons. The van der Waals surface area contributed by atoms with Gasteiger partial charge < -0.3 is 5.32 Å². The Hall–Kier alpha value is -0.470. The topological polar surface area (TPSA) is 12.0 Å². The highest BCUT2D eigenvalue weighted by molar-refractivity contribution is 7.98. The van der Waals surface area contributed by atoms with E-state index in [1.165, 1.54) is 17.7 Å². The molecule has 0 saturated carbocycles. The zero-order valence-corrected chi connectivity index (χ0v) is 11.4. The highest BCUT2D eigenvalue weighted by Crippen LogP contribution is 2.15. The number of benzene rings is 1. The van der Waals surface area contributed by atoms with Crippen LogP contribution in [-0.4, -0.2) is 18.8 Å². The maximum atomic E-state index is 3.40. The first kappa shape index (κ1) is 13.6. The Morgan fingerprint density at radius 1 is 1.19 bits per heavy atom. The van der Waals surface area contributed by atoms with E-state index in [9.17, 15) is 0 Å². The molecule has 1 atom stereocenters. The Kier molecular flexibility index (Phi) is 6.58. The van der Waals surface area contributed by atoms with Gasteiger partial charge in [-0.15, -0.1) is 0 Å². The zero-order valence-electron chi connectivity index (χ0n) is 10.6. The Labute approximate surface area is 104 Å². The van der Waals surface area contributed by atoms with Crippen molar-refractivity contribution in [1.29, 1.82) is 0 Å². The molecule has 0 heterocycles. The van der Waals surface area contributed by atoms with Crippen LogP contribution in [0, 0.1) is 5.92 Å². The summed E-state index contributed by atoms with van der Waals surface area (Å²) in [5, 5.41) is 3.40. The second-order valence-corrected chi connectivity index (χ2v) is 5.65. The number of thioether (sulfide) groups is 1. The predicted octanol–water partition coefficient (Wildman–Crippen LogP) is 3.55. The molecule has 1 aromatic rings. The summed E-state index contributed by atoms with van der Waals surface area (Å²) in [5.74, 6) is 3.09. The van der Waals surface area contributed by atoms with Gasteiger partial charge >= 0.3 is 0 Å². The molecular weight excluding hydrogens is 214 g/mol. The molecule has 0 saturated heterocycles. The number of nitrogens with one attached hydrogen (secondary N) is 1. The molecular formula is C14H23NS. The third-order valence-corrected chi connectivity index (χ3v) is 3.77. The minimum absolute atomic E-state index is 0.647. The molecule has 16 heavy (non-hydrogen) atoms. The van der Waals surface area contributed by atoms with Gasteiger partial charge in [0.05, 0.1) is 0 Å². The van der Waals surface area contributed by atoms with Crippen molar-refractivity contribution in [3.8, 4) is 0 Å². The van der Waals surface area contributed by atoms with E-state index in [-0.39, 0.29) is 0 Å². The lowest BCUT2D eigenvalue weighted by molar-refractivity contribution is 0.474. The van der Waals surface area contributed by atoms with E-state index in [4.69, 9.17) is 0 Å². The van der Waals surface area contributed by atoms with Gasteiger partial charge in [0.1, 0.15) is 0 Å². The summed E-state index contributed by atoms with van der Waals surface area (Å²) in [7, 11) is 2.07. The molecule has 0 spiro atoms. The molecule has 1 rings (SSSR count). The van der Waals surface area contributed by atoms with Crippen LogP contribution in [0.5, 0.6) is 0 Å². The molecule has 0 fully saturated rings. The Morgan fingerprint density at radius 2 is 1.88 bits per heavy atom. The predicted molar refractivity (Wildman–Crippen MR) is 74.9 cm³/mol. The minimum atomic E-state index is 0.647. The van der Waals surface area contributed by atoms with Crippen LogP contribution in [0.4, 0.5) is 0 Å². The van der Waals surface area contributed by atoms with Gasteiger partial charge in [0.25, 0.3) is 0 Å². The van der Waals surface area contributed by atoms with Gasteiger partial charge in [-0.05, 0) is 24.9 Å². The van der Waals surface area contributed by atoms with Crippen molar-refractivity contribution in [2.45, 2.75) is 32.1 Å². The lowest BCUT2D eigenvalue weighted by atomic mass is 10.1. The summed E-state index contributed by atoms with van der Waals surface area (Å²) in [6, 6.07) is 11.3. The Morgan fingerprint density at radius 3 is 2.44 bits per heavy atom. The molecule has 2 heteroatoms. The van der Waals surface area contributed by atoms with Crippen molar-refractivity contribution < 1.29 is 0 Å². The van der Waals surface area contributed by atoms with Gasteiger partial charge in [0.2, 0.25) is 0 Å². The average Bonchev–Trinajstić information content (AvgIpc) is 2.28. The SMILES string of the molecule is CNC(CSCc1ccccc1)CC(C)C. The van der Waals surface area contributed by atoms with Crippen LogP contribution in [0.15, 0.2) is 30.3 Å². The summed E-state index contributed by atoms with van der Waals surface area (Å²) in [6.07, 6.45) is 1.26. The van der Waals surface area contributed by atoms with Gasteiger partial charge in [-0.2, -0.15) is 11.8 Å². The zero-order chi connectivity index (χ0) is 11.8. The van der Waals surface area contributed by atoms with Crippen LogP contribution in [0.3, 0.4) is 0 Å². The molecule has 0 amide bonds. The molecule has 0 aromatic heterocycles. The summed E-state index contributed by atoms with van der Waals surface area (Å²) in [5.41, 5.74) is 1.42. The first-order valence-corrected chi connectivity index (χ1v) is 7.16. The highest BCUT2D eigenvalue weighted by Gasteiger charge is 2.08. The van der Waals surface area contributed by atoms with Crippen LogP contribution in [0.2, 0.25) is 0 Å². The molecule has 0 aliphatic heterocycles. The Balaban J connectivity index is 2.23. The summed E-state index contributed by atoms with van der Waals surface area (Å²) in [4.78, 5) is 0. The Bertz CT molecular complexity index is 271. The molecule has 1 N–H and O–H groups in total. The van der Waals surface area contributed by atoms with Gasteiger partial charge in [0.15, 0.2) is 0 Å². The van der Waals surface area contributed by atoms with E-state index in [2.05, 4.69) is 56.5 Å². The highest BCUT2D eigenvalue weighted by atomic mass is 32.2. The molecule has 0 bridgehead atoms. The van der Waals surface area contributed by atoms with E-state index in [1.54, 1.807) is 0 Å². The molecule has 1 aromatic carbocycles. The standard InChI is InChI=1S/C14H23NS/c1-12(2)9-14(15-3)11-16-10-13-7-5-4-6-8-13/h4-8,12,14-15H,9-11H2,1-3H3. The fraction of sp³-hybridized carbons (Fsp3) is 0.571. The molecule has 0 aliphatic rings. The van der Waals surface area contributed by atoms with Crippen molar-refractivity contribution in [3.63, 3.8) is 0 Å². The van der Waals surface area contributed by atoms with Crippen LogP contribution in [0.1, 0.15) is 25.8 Å². The number of hydrogen-bond donors (Lipinski definition) is 1. The molecule has 1 unspecified atom stereocenters. The monoisotopic (exact) mass is 237 g/mol. The number of hydrogen-bond acceptors (Lipinski definition) is 2. The first-order chi connectivity index (χ1) is 7.72. The normalized spacial score (nSPS) is 13.0. The second-order valence-electron chi connectivity index (χ2n) is 4.62. The third kappa shape index (κ3) is 5.57. The first-order valence-electron chi connectivity index (χ1n) is 6.01. The quantitative estimate of drug-likeness (QED) is 0.778. The lowest BCUT2D eigenvalue weighted by Crippen LogP contribution is -2.29. The maximum Gasteiger partial charge on any atom is 0.0185 e. The van der Waals surface area contributed by atoms with Gasteiger partial charge in [-0.3, -0.25) is 0 Å². The van der Waals surface area contributed by atoms with Crippen LogP contribution >= 0.6 is 11.8 Å². The minimum Gasteiger partial charge on any atom is -0.316 e. The van der Waals surface area contributed by atoms with E-state index in [0.717, 1.165) is 11.7 Å². The fourth-order valence-corrected chi connectivity index (χ4v) is 2.86. The lowest BCUT2D eigenvalue weighted by Gasteiger charge is -2.17. The summed E-state index contributed by atoms with van der Waals surface area (Å²) in [6.45, 7) is 4.57. The van der Waals surface area contributed by atoms with Crippen molar-refractivity contribution >= 4 is 11.8 Å². The summed E-state index contributed by atoms with van der Waals surface area (Å²) >= 11 is 2.02. The largest absolute Gasteiger partial charge is 0.316 e. The van der Waals surface area contributed by atoms with Crippen LogP contribution in [-0.2, 0) is 5.75 Å². The van der Waals surface area contributed by atoms with E-state index in [1.807, 2.05) is 11.8 Å². The van der Waals surface area contributed by atoms with Gasteiger partial charge in [-0.25, -0.2) is 0 Å². The van der Waals surface area contributed by atoms with E-state index < -0.39 is 0 Å². The van der Waals surface area contributed by atoms with Crippen LogP contribution < -0.4 is 5.32 Å². The smallest absolute Gasteiger partial charge is 0.0185 e. The third-order valence-electron chi connectivity index (χ3n) is 2.59. The molecule has 1 nitrogen and oxygen atoms in total. The fourth-order valence-electron chi connectivity index (χ4n) is 1.73. The van der Waals surface area contributed by atoms with Crippen molar-refractivity contribution in [2.24, 2.45) is 5.92 Å². The van der Waals surface area contributed by atoms with Gasteiger partial charge in [-0.1, -0.05) is 44.2 Å². The maximum absolute atomic E-state index is 3.40. The van der Waals surface area contributed by atoms with E-state index in [0.29, 0.717) is 6.04 Å². The van der Waals surface area contributed by atoms with Crippen molar-refractivity contribution in [1.82, 2.24) is 5.32 Å². The van der Waals surface area contributed by atoms with Crippen LogP contribution in [0.25, 0.3) is 0 Å². The van der Waals surface area contributed by atoms with Crippen molar-refractivity contribution in [3.05, 3.63) is 35.9 Å². The molecule has 90 valence electrons. The number of rotatable bonds is 7. The van der Waals surface area contributed by atoms with E-state index >= 15 is 0 Å². The van der Waals surface area contributed by atoms with Gasteiger partial charge in [0, 0.05) is 17.5 Å². The summed E-state index contributed by atoms with van der Waals surface area (Å²) < 4.78 is 0. The average molecular weight is 237 g/mol.